The number of hydrogen-bond acceptors (Lipinski definition) is 3. The number of pyridine rings is 1. The Bertz CT molecular complexity index is 413. The van der Waals surface area contributed by atoms with Gasteiger partial charge in [0.15, 0.2) is 0 Å². The summed E-state index contributed by atoms with van der Waals surface area (Å²) < 4.78 is 0.909. The van der Waals surface area contributed by atoms with E-state index in [1.165, 1.54) is 0 Å². The molecule has 0 aliphatic carbocycles. The topological polar surface area (TPSA) is 54.0 Å². The Labute approximate surface area is 116 Å². The third-order valence-electron chi connectivity index (χ3n) is 3.42. The van der Waals surface area contributed by atoms with E-state index in [4.69, 9.17) is 0 Å². The number of nitrogens with one attached hydrogen (secondary N) is 2. The second kappa shape index (κ2) is 5.80. The van der Waals surface area contributed by atoms with Crippen LogP contribution in [0.2, 0.25) is 0 Å². The lowest BCUT2D eigenvalue weighted by Crippen LogP contribution is -2.38. The molecule has 0 spiro atoms. The summed E-state index contributed by atoms with van der Waals surface area (Å²) >= 11 is 3.33. The summed E-state index contributed by atoms with van der Waals surface area (Å²) in [5.74, 6) is 0.703. The molecule has 5 heteroatoms. The Morgan fingerprint density at radius 2 is 2.44 bits per heavy atom. The van der Waals surface area contributed by atoms with Crippen molar-refractivity contribution in [2.24, 2.45) is 5.41 Å². The maximum Gasteiger partial charge on any atom is 0.233 e. The van der Waals surface area contributed by atoms with Crippen LogP contribution in [-0.4, -0.2) is 24.0 Å². The van der Waals surface area contributed by atoms with Gasteiger partial charge in [0.1, 0.15) is 5.82 Å². The van der Waals surface area contributed by atoms with Crippen molar-refractivity contribution < 1.29 is 4.79 Å². The number of halogens is 1. The molecule has 4 nitrogen and oxygen atoms in total. The van der Waals surface area contributed by atoms with Gasteiger partial charge >= 0.3 is 0 Å². The van der Waals surface area contributed by atoms with Crippen LogP contribution < -0.4 is 10.6 Å². The maximum absolute atomic E-state index is 12.4. The normalized spacial score (nSPS) is 23.0. The third-order valence-corrected chi connectivity index (χ3v) is 3.89. The molecule has 1 amide bonds. The highest BCUT2D eigenvalue weighted by molar-refractivity contribution is 9.10. The van der Waals surface area contributed by atoms with Crippen molar-refractivity contribution in [2.45, 2.75) is 26.2 Å². The van der Waals surface area contributed by atoms with Gasteiger partial charge < -0.3 is 10.6 Å². The van der Waals surface area contributed by atoms with Crippen molar-refractivity contribution in [3.05, 3.63) is 22.8 Å². The minimum absolute atomic E-state index is 0.0872. The van der Waals surface area contributed by atoms with Crippen LogP contribution >= 0.6 is 15.9 Å². The molecule has 1 fully saturated rings. The second-order valence-corrected chi connectivity index (χ2v) is 5.69. The van der Waals surface area contributed by atoms with E-state index < -0.39 is 0 Å². The smallest absolute Gasteiger partial charge is 0.233 e. The molecule has 18 heavy (non-hydrogen) atoms. The monoisotopic (exact) mass is 311 g/mol. The molecule has 1 atom stereocenters. The van der Waals surface area contributed by atoms with Gasteiger partial charge in [-0.25, -0.2) is 4.98 Å². The summed E-state index contributed by atoms with van der Waals surface area (Å²) in [6.45, 7) is 3.80. The highest BCUT2D eigenvalue weighted by atomic mass is 79.9. The Morgan fingerprint density at radius 1 is 1.61 bits per heavy atom. The van der Waals surface area contributed by atoms with E-state index in [-0.39, 0.29) is 11.3 Å². The van der Waals surface area contributed by atoms with Crippen molar-refractivity contribution in [3.8, 4) is 0 Å². The fourth-order valence-electron chi connectivity index (χ4n) is 2.44. The van der Waals surface area contributed by atoms with Crippen LogP contribution in [-0.2, 0) is 4.79 Å². The summed E-state index contributed by atoms with van der Waals surface area (Å²) in [4.78, 5) is 16.6. The zero-order valence-electron chi connectivity index (χ0n) is 10.5. The van der Waals surface area contributed by atoms with E-state index in [0.29, 0.717) is 5.82 Å². The van der Waals surface area contributed by atoms with Crippen LogP contribution in [0.1, 0.15) is 26.2 Å². The van der Waals surface area contributed by atoms with Crippen LogP contribution in [0.5, 0.6) is 0 Å². The number of amides is 1. The molecule has 1 aliphatic heterocycles. The zero-order chi connectivity index (χ0) is 13.0. The van der Waals surface area contributed by atoms with E-state index in [2.05, 4.69) is 38.5 Å². The van der Waals surface area contributed by atoms with Crippen molar-refractivity contribution in [3.63, 3.8) is 0 Å². The van der Waals surface area contributed by atoms with Gasteiger partial charge in [-0.1, -0.05) is 13.3 Å². The summed E-state index contributed by atoms with van der Waals surface area (Å²) in [6, 6.07) is 3.69. The highest BCUT2D eigenvalue weighted by Gasteiger charge is 2.40. The van der Waals surface area contributed by atoms with Crippen LogP contribution in [0.4, 0.5) is 5.82 Å². The number of anilines is 1. The molecule has 2 N–H and O–H groups in total. The summed E-state index contributed by atoms with van der Waals surface area (Å²) in [6.07, 6.45) is 4.53. The first kappa shape index (κ1) is 13.5. The lowest BCUT2D eigenvalue weighted by molar-refractivity contribution is -0.125. The Kier molecular flexibility index (Phi) is 4.35. The minimum Gasteiger partial charge on any atom is -0.316 e. The average molecular weight is 312 g/mol. The van der Waals surface area contributed by atoms with Crippen LogP contribution in [0.3, 0.4) is 0 Å². The average Bonchev–Trinajstić information content (AvgIpc) is 2.82. The minimum atomic E-state index is -0.260. The number of nitrogens with zero attached hydrogens (tertiary/aromatic N) is 1. The fourth-order valence-corrected chi connectivity index (χ4v) is 2.68. The second-order valence-electron chi connectivity index (χ2n) is 4.77. The molecule has 0 saturated carbocycles. The maximum atomic E-state index is 12.4. The molecule has 98 valence electrons. The van der Waals surface area contributed by atoms with E-state index in [1.807, 2.05) is 12.1 Å². The lowest BCUT2D eigenvalue weighted by Gasteiger charge is -2.26. The Balaban J connectivity index is 2.07. The van der Waals surface area contributed by atoms with E-state index in [0.717, 1.165) is 36.8 Å². The van der Waals surface area contributed by atoms with Crippen molar-refractivity contribution >= 4 is 27.7 Å². The van der Waals surface area contributed by atoms with Gasteiger partial charge in [0.05, 0.1) is 5.41 Å². The van der Waals surface area contributed by atoms with Crippen molar-refractivity contribution in [1.82, 2.24) is 10.3 Å². The predicted molar refractivity (Wildman–Crippen MR) is 75.4 cm³/mol. The Morgan fingerprint density at radius 3 is 3.00 bits per heavy atom. The van der Waals surface area contributed by atoms with Gasteiger partial charge in [-0.15, -0.1) is 0 Å². The summed E-state index contributed by atoms with van der Waals surface area (Å²) in [5.41, 5.74) is -0.260. The third kappa shape index (κ3) is 2.90. The number of carbonyl (C=O) groups is 1. The lowest BCUT2D eigenvalue weighted by atomic mass is 9.81. The van der Waals surface area contributed by atoms with Crippen LogP contribution in [0.15, 0.2) is 22.8 Å². The molecule has 2 rings (SSSR count). The quantitative estimate of drug-likeness (QED) is 0.898. The molecule has 0 bridgehead atoms. The summed E-state index contributed by atoms with van der Waals surface area (Å²) in [5, 5.41) is 6.21. The predicted octanol–water partition coefficient (Wildman–Crippen LogP) is 2.56. The van der Waals surface area contributed by atoms with E-state index in [9.17, 15) is 4.79 Å². The number of hydrogen-bond donors (Lipinski definition) is 2. The molecule has 0 aromatic carbocycles. The van der Waals surface area contributed by atoms with Gasteiger partial charge in [0.25, 0.3) is 0 Å². The molecule has 0 radical (unpaired) electrons. The molecule has 2 heterocycles. The van der Waals surface area contributed by atoms with Gasteiger partial charge in [-0.3, -0.25) is 4.79 Å². The van der Waals surface area contributed by atoms with Gasteiger partial charge in [0.2, 0.25) is 5.91 Å². The van der Waals surface area contributed by atoms with Crippen LogP contribution in [0, 0.1) is 5.41 Å². The summed E-state index contributed by atoms with van der Waals surface area (Å²) in [7, 11) is 0. The number of carbonyl (C=O) groups excluding carboxylic acids is 1. The molecular weight excluding hydrogens is 294 g/mol. The molecule has 1 aromatic rings. The van der Waals surface area contributed by atoms with Gasteiger partial charge in [-0.2, -0.15) is 0 Å². The van der Waals surface area contributed by atoms with Crippen molar-refractivity contribution in [1.29, 1.82) is 0 Å². The number of rotatable bonds is 4. The van der Waals surface area contributed by atoms with Crippen LogP contribution in [0.25, 0.3) is 0 Å². The molecule has 1 unspecified atom stereocenters. The van der Waals surface area contributed by atoms with Gasteiger partial charge in [0, 0.05) is 17.2 Å². The van der Waals surface area contributed by atoms with E-state index >= 15 is 0 Å². The zero-order valence-corrected chi connectivity index (χ0v) is 12.1. The highest BCUT2D eigenvalue weighted by Crippen LogP contribution is 2.32. The first-order chi connectivity index (χ1) is 8.66. The first-order valence-corrected chi connectivity index (χ1v) is 7.09. The van der Waals surface area contributed by atoms with E-state index in [1.54, 1.807) is 6.20 Å². The van der Waals surface area contributed by atoms with Crippen molar-refractivity contribution in [2.75, 3.05) is 18.4 Å². The number of aromatic nitrogens is 1. The SMILES string of the molecule is CCCC1(C(=O)Nc2ccc(Br)cn2)CCNC1. The molecule has 1 aliphatic rings. The van der Waals surface area contributed by atoms with Gasteiger partial charge in [-0.05, 0) is 47.4 Å². The standard InChI is InChI=1S/C13H18BrN3O/c1-2-5-13(6-7-15-9-13)12(18)17-11-4-3-10(14)8-16-11/h3-4,8,15H,2,5-7,9H2,1H3,(H,16,17,18). The first-order valence-electron chi connectivity index (χ1n) is 6.30. The Hall–Kier alpha value is -0.940. The largest absolute Gasteiger partial charge is 0.316 e. The molecule has 1 saturated heterocycles. The molecular formula is C13H18BrN3O. The fraction of sp³-hybridized carbons (Fsp3) is 0.538. The molecule has 1 aromatic heterocycles.